The second kappa shape index (κ2) is 11.3. The van der Waals surface area contributed by atoms with E-state index in [9.17, 15) is 22.7 Å². The maximum Gasteiger partial charge on any atom is 0.322 e. The van der Waals surface area contributed by atoms with Gasteiger partial charge < -0.3 is 9.63 Å². The fourth-order valence-corrected chi connectivity index (χ4v) is 5.71. The van der Waals surface area contributed by atoms with Gasteiger partial charge in [0.15, 0.2) is 0 Å². The molecule has 0 bridgehead atoms. The molecular weight excluding hydrogens is 523 g/mol. The van der Waals surface area contributed by atoms with E-state index in [1.54, 1.807) is 24.7 Å². The fourth-order valence-electron chi connectivity index (χ4n) is 3.45. The van der Waals surface area contributed by atoms with Gasteiger partial charge in [0, 0.05) is 16.6 Å². The van der Waals surface area contributed by atoms with Crippen molar-refractivity contribution in [3.05, 3.63) is 53.2 Å². The molecule has 0 radical (unpaired) electrons. The third kappa shape index (κ3) is 6.45. The molecule has 0 saturated carbocycles. The topological polar surface area (TPSA) is 153 Å². The van der Waals surface area contributed by atoms with Crippen molar-refractivity contribution in [1.82, 2.24) is 29.9 Å². The number of alkyl halides is 1. The Balaban J connectivity index is 1.44. The van der Waals surface area contributed by atoms with Gasteiger partial charge in [-0.2, -0.15) is 9.71 Å². The smallest absolute Gasteiger partial charge is 0.322 e. The first-order valence-electron chi connectivity index (χ1n) is 11.4. The number of aromatic nitrogens is 5. The maximum absolute atomic E-state index is 12.6. The second-order valence-electron chi connectivity index (χ2n) is 8.59. The zero-order chi connectivity index (χ0) is 26.6. The van der Waals surface area contributed by atoms with Crippen molar-refractivity contribution in [2.24, 2.45) is 5.92 Å². The first-order valence-corrected chi connectivity index (χ1v) is 13.7. The number of hydrogen-bond donors (Lipinski definition) is 2. The number of carboxylic acid groups (broad SMARTS) is 1. The standard InChI is InChI=1S/C23H25FN6O5S2/c1-14(2)20(23(31)32)28-37(33,34)18-8-5-15(6-9-18)22-25-21(27-35-22)19-10-7-17(36-19)13-30-12-16(26-29-30)4-3-11-24/h5-10,12,14,20,28H,3-4,11,13H2,1-2H3,(H,31,32)/t20-/m1/s1. The second-order valence-corrected chi connectivity index (χ2v) is 11.5. The van der Waals surface area contributed by atoms with Gasteiger partial charge in [-0.25, -0.2) is 13.1 Å². The minimum Gasteiger partial charge on any atom is -0.480 e. The average molecular weight is 549 g/mol. The van der Waals surface area contributed by atoms with Gasteiger partial charge in [-0.1, -0.05) is 24.2 Å². The van der Waals surface area contributed by atoms with Crippen LogP contribution in [-0.4, -0.2) is 57.3 Å². The summed E-state index contributed by atoms with van der Waals surface area (Å²) in [6.07, 6.45) is 2.76. The highest BCUT2D eigenvalue weighted by atomic mass is 32.2. The van der Waals surface area contributed by atoms with Crippen molar-refractivity contribution in [2.75, 3.05) is 6.67 Å². The van der Waals surface area contributed by atoms with Gasteiger partial charge in [0.2, 0.25) is 15.8 Å². The lowest BCUT2D eigenvalue weighted by Crippen LogP contribution is -2.44. The molecule has 0 fully saturated rings. The number of nitrogens with zero attached hydrogens (tertiary/aromatic N) is 5. The molecule has 14 heteroatoms. The molecule has 196 valence electrons. The average Bonchev–Trinajstić information content (AvgIpc) is 3.62. The van der Waals surface area contributed by atoms with Crippen molar-refractivity contribution in [2.45, 2.75) is 44.2 Å². The van der Waals surface area contributed by atoms with Crippen LogP contribution in [-0.2, 0) is 27.8 Å². The monoisotopic (exact) mass is 548 g/mol. The molecule has 3 heterocycles. The highest BCUT2D eigenvalue weighted by Crippen LogP contribution is 2.29. The van der Waals surface area contributed by atoms with Gasteiger partial charge in [0.05, 0.1) is 28.7 Å². The Hall–Kier alpha value is -3.49. The molecule has 1 atom stereocenters. The Bertz CT molecular complexity index is 1460. The quantitative estimate of drug-likeness (QED) is 0.271. The molecule has 0 aliphatic rings. The van der Waals surface area contributed by atoms with E-state index in [4.69, 9.17) is 4.52 Å². The lowest BCUT2D eigenvalue weighted by atomic mass is 10.1. The zero-order valence-corrected chi connectivity index (χ0v) is 21.7. The summed E-state index contributed by atoms with van der Waals surface area (Å²) in [5.74, 6) is -1.08. The molecule has 0 aliphatic carbocycles. The number of thiophene rings is 1. The summed E-state index contributed by atoms with van der Waals surface area (Å²) in [7, 11) is -4.04. The molecule has 2 N–H and O–H groups in total. The molecule has 4 rings (SSSR count). The normalized spacial score (nSPS) is 12.8. The van der Waals surface area contributed by atoms with Gasteiger partial charge in [0.25, 0.3) is 5.89 Å². The maximum atomic E-state index is 12.6. The van der Waals surface area contributed by atoms with E-state index >= 15 is 0 Å². The number of rotatable bonds is 12. The first-order chi connectivity index (χ1) is 17.7. The number of carboxylic acids is 1. The number of nitrogens with one attached hydrogen (secondary N) is 1. The molecule has 0 aliphatic heterocycles. The molecule has 37 heavy (non-hydrogen) atoms. The Kier molecular flexibility index (Phi) is 8.10. The molecule has 0 saturated heterocycles. The van der Waals surface area contributed by atoms with Crippen LogP contribution in [0, 0.1) is 5.92 Å². The summed E-state index contributed by atoms with van der Waals surface area (Å²) in [6.45, 7) is 3.35. The van der Waals surface area contributed by atoms with Gasteiger partial charge >= 0.3 is 5.97 Å². The summed E-state index contributed by atoms with van der Waals surface area (Å²) < 4.78 is 46.9. The van der Waals surface area contributed by atoms with Crippen molar-refractivity contribution in [3.8, 4) is 22.2 Å². The Morgan fingerprint density at radius 1 is 1.22 bits per heavy atom. The van der Waals surface area contributed by atoms with E-state index in [-0.39, 0.29) is 17.5 Å². The SMILES string of the molecule is CC(C)[C@@H](NS(=O)(=O)c1ccc(-c2nc(-c3ccc(Cn4cc(CCCF)nn4)s3)no2)cc1)C(=O)O. The Labute approximate surface area is 216 Å². The van der Waals surface area contributed by atoms with Gasteiger partial charge in [0.1, 0.15) is 6.04 Å². The van der Waals surface area contributed by atoms with E-state index in [1.807, 2.05) is 12.1 Å². The van der Waals surface area contributed by atoms with Crippen LogP contribution in [0.1, 0.15) is 30.8 Å². The third-order valence-electron chi connectivity index (χ3n) is 5.40. The number of halogens is 1. The molecule has 0 unspecified atom stereocenters. The van der Waals surface area contributed by atoms with E-state index in [0.29, 0.717) is 30.8 Å². The number of carbonyl (C=O) groups is 1. The summed E-state index contributed by atoms with van der Waals surface area (Å²) >= 11 is 1.46. The molecule has 11 nitrogen and oxygen atoms in total. The van der Waals surface area contributed by atoms with Crippen LogP contribution in [0.4, 0.5) is 4.39 Å². The van der Waals surface area contributed by atoms with Crippen LogP contribution in [0.2, 0.25) is 0 Å². The lowest BCUT2D eigenvalue weighted by Gasteiger charge is -2.17. The summed E-state index contributed by atoms with van der Waals surface area (Å²) in [6, 6.07) is 8.28. The van der Waals surface area contributed by atoms with Gasteiger partial charge in [-0.05, 0) is 55.2 Å². The summed E-state index contributed by atoms with van der Waals surface area (Å²) in [5.41, 5.74) is 1.25. The largest absolute Gasteiger partial charge is 0.480 e. The van der Waals surface area contributed by atoms with Crippen LogP contribution >= 0.6 is 11.3 Å². The van der Waals surface area contributed by atoms with Crippen LogP contribution < -0.4 is 4.72 Å². The highest BCUT2D eigenvalue weighted by molar-refractivity contribution is 7.89. The fraction of sp³-hybridized carbons (Fsp3) is 0.348. The van der Waals surface area contributed by atoms with Crippen LogP contribution in [0.25, 0.3) is 22.2 Å². The van der Waals surface area contributed by atoms with E-state index in [1.165, 1.54) is 35.6 Å². The third-order valence-corrected chi connectivity index (χ3v) is 7.93. The summed E-state index contributed by atoms with van der Waals surface area (Å²) in [4.78, 5) is 17.5. The van der Waals surface area contributed by atoms with Crippen molar-refractivity contribution in [3.63, 3.8) is 0 Å². The first kappa shape index (κ1) is 26.6. The summed E-state index contributed by atoms with van der Waals surface area (Å²) in [5, 5.41) is 21.4. The van der Waals surface area contributed by atoms with Crippen LogP contribution in [0.5, 0.6) is 0 Å². The number of aryl methyl sites for hydroxylation is 1. The minimum absolute atomic E-state index is 0.0771. The zero-order valence-electron chi connectivity index (χ0n) is 20.0. The van der Waals surface area contributed by atoms with Crippen molar-refractivity contribution in [1.29, 1.82) is 0 Å². The Morgan fingerprint density at radius 3 is 2.65 bits per heavy atom. The van der Waals surface area contributed by atoms with Crippen LogP contribution in [0.15, 0.2) is 52.0 Å². The minimum atomic E-state index is -4.04. The molecule has 1 aromatic carbocycles. The van der Waals surface area contributed by atoms with E-state index < -0.39 is 28.0 Å². The predicted octanol–water partition coefficient (Wildman–Crippen LogP) is 3.39. The lowest BCUT2D eigenvalue weighted by molar-refractivity contribution is -0.140. The van der Waals surface area contributed by atoms with E-state index in [0.717, 1.165) is 15.4 Å². The molecule has 0 amide bonds. The molecular formula is C23H25FN6O5S2. The number of hydrogen-bond acceptors (Lipinski definition) is 9. The molecule has 3 aromatic heterocycles. The van der Waals surface area contributed by atoms with Crippen molar-refractivity contribution >= 4 is 27.3 Å². The number of aliphatic carboxylic acids is 1. The van der Waals surface area contributed by atoms with Crippen molar-refractivity contribution < 1.29 is 27.2 Å². The number of benzene rings is 1. The van der Waals surface area contributed by atoms with Crippen LogP contribution in [0.3, 0.4) is 0 Å². The highest BCUT2D eigenvalue weighted by Gasteiger charge is 2.28. The number of sulfonamides is 1. The molecule has 4 aromatic rings. The predicted molar refractivity (Wildman–Crippen MR) is 133 cm³/mol. The Morgan fingerprint density at radius 2 is 1.97 bits per heavy atom. The van der Waals surface area contributed by atoms with Gasteiger partial charge in [-0.3, -0.25) is 9.18 Å². The van der Waals surface area contributed by atoms with E-state index in [2.05, 4.69) is 25.2 Å². The molecule has 0 spiro atoms. The van der Waals surface area contributed by atoms with Gasteiger partial charge in [-0.15, -0.1) is 16.4 Å².